The highest BCUT2D eigenvalue weighted by atomic mass is 32.2. The van der Waals surface area contributed by atoms with E-state index < -0.39 is 9.84 Å². The highest BCUT2D eigenvalue weighted by Crippen LogP contribution is 2.43. The van der Waals surface area contributed by atoms with Crippen molar-refractivity contribution in [1.82, 2.24) is 10.2 Å². The Morgan fingerprint density at radius 2 is 2.00 bits per heavy atom. The fraction of sp³-hybridized carbons (Fsp3) is 1.00. The first-order valence-corrected chi connectivity index (χ1v) is 9.38. The number of nitrogens with zero attached hydrogens (tertiary/aromatic N) is 1. The van der Waals surface area contributed by atoms with Crippen LogP contribution in [0.15, 0.2) is 0 Å². The van der Waals surface area contributed by atoms with Gasteiger partial charge in [0.2, 0.25) is 0 Å². The zero-order valence-electron chi connectivity index (χ0n) is 12.5. The van der Waals surface area contributed by atoms with E-state index in [1.807, 2.05) is 6.92 Å². The highest BCUT2D eigenvalue weighted by Gasteiger charge is 2.47. The van der Waals surface area contributed by atoms with Crippen molar-refractivity contribution in [2.75, 3.05) is 31.1 Å². The van der Waals surface area contributed by atoms with Crippen molar-refractivity contribution >= 4 is 9.84 Å². The normalized spacial score (nSPS) is 33.5. The van der Waals surface area contributed by atoms with Gasteiger partial charge in [0.25, 0.3) is 0 Å². The fourth-order valence-electron chi connectivity index (χ4n) is 3.21. The lowest BCUT2D eigenvalue weighted by Crippen LogP contribution is -2.64. The van der Waals surface area contributed by atoms with Gasteiger partial charge < -0.3 is 5.32 Å². The molecule has 0 aromatic carbocycles. The van der Waals surface area contributed by atoms with Crippen molar-refractivity contribution in [3.05, 3.63) is 0 Å². The van der Waals surface area contributed by atoms with E-state index in [0.717, 1.165) is 25.4 Å². The van der Waals surface area contributed by atoms with E-state index in [4.69, 9.17) is 0 Å². The third-order valence-corrected chi connectivity index (χ3v) is 6.50. The van der Waals surface area contributed by atoms with Gasteiger partial charge in [-0.25, -0.2) is 8.42 Å². The fourth-order valence-corrected chi connectivity index (χ4v) is 4.54. The third kappa shape index (κ3) is 3.70. The van der Waals surface area contributed by atoms with Crippen molar-refractivity contribution in [2.24, 2.45) is 5.92 Å². The summed E-state index contributed by atoms with van der Waals surface area (Å²) in [5, 5.41) is 3.56. The van der Waals surface area contributed by atoms with Gasteiger partial charge >= 0.3 is 0 Å². The molecule has 1 saturated carbocycles. The van der Waals surface area contributed by atoms with E-state index in [0.29, 0.717) is 24.1 Å². The molecular weight excluding hydrogens is 260 g/mol. The van der Waals surface area contributed by atoms with Crippen LogP contribution in [0, 0.1) is 5.92 Å². The Balaban J connectivity index is 1.99. The third-order valence-electron chi connectivity index (χ3n) is 4.67. The van der Waals surface area contributed by atoms with Gasteiger partial charge in [0.15, 0.2) is 9.84 Å². The summed E-state index contributed by atoms with van der Waals surface area (Å²) in [6.45, 7) is 9.07. The lowest BCUT2D eigenvalue weighted by molar-refractivity contribution is 0.0442. The predicted octanol–water partition coefficient (Wildman–Crippen LogP) is 1.27. The molecular formula is C14H28N2O2S. The quantitative estimate of drug-likeness (QED) is 0.800. The van der Waals surface area contributed by atoms with Crippen molar-refractivity contribution < 1.29 is 8.42 Å². The van der Waals surface area contributed by atoms with E-state index in [1.54, 1.807) is 0 Å². The molecule has 1 aliphatic heterocycles. The Kier molecular flexibility index (Phi) is 4.58. The van der Waals surface area contributed by atoms with Gasteiger partial charge in [-0.3, -0.25) is 4.90 Å². The summed E-state index contributed by atoms with van der Waals surface area (Å²) in [7, 11) is -2.87. The lowest BCUT2D eigenvalue weighted by atomic mass is 9.90. The first-order chi connectivity index (χ1) is 8.87. The van der Waals surface area contributed by atoms with Crippen LogP contribution < -0.4 is 5.32 Å². The number of hydrogen-bond donors (Lipinski definition) is 1. The van der Waals surface area contributed by atoms with Crippen molar-refractivity contribution in [3.63, 3.8) is 0 Å². The summed E-state index contributed by atoms with van der Waals surface area (Å²) in [6, 6.07) is 0.459. The van der Waals surface area contributed by atoms with Crippen molar-refractivity contribution in [2.45, 2.75) is 51.6 Å². The van der Waals surface area contributed by atoms with Gasteiger partial charge in [-0.1, -0.05) is 6.92 Å². The molecule has 0 aromatic rings. The first-order valence-electron chi connectivity index (χ1n) is 7.56. The van der Waals surface area contributed by atoms with E-state index in [1.165, 1.54) is 12.8 Å². The second-order valence-corrected chi connectivity index (χ2v) is 8.81. The Bertz CT molecular complexity index is 406. The molecule has 0 aromatic heterocycles. The lowest BCUT2D eigenvalue weighted by Gasteiger charge is -2.48. The van der Waals surface area contributed by atoms with Crippen LogP contribution in [0.5, 0.6) is 0 Å². The molecule has 0 bridgehead atoms. The van der Waals surface area contributed by atoms with E-state index in [-0.39, 0.29) is 5.54 Å². The molecule has 19 heavy (non-hydrogen) atoms. The molecule has 1 heterocycles. The van der Waals surface area contributed by atoms with Gasteiger partial charge in [-0.2, -0.15) is 0 Å². The van der Waals surface area contributed by atoms with Crippen LogP contribution in [0.1, 0.15) is 40.0 Å². The molecule has 2 aliphatic rings. The smallest absolute Gasteiger partial charge is 0.151 e. The molecule has 2 atom stereocenters. The van der Waals surface area contributed by atoms with Gasteiger partial charge in [0, 0.05) is 37.0 Å². The number of rotatable bonds is 6. The number of hydrogen-bond acceptors (Lipinski definition) is 4. The molecule has 1 saturated heterocycles. The minimum atomic E-state index is -2.87. The molecule has 2 unspecified atom stereocenters. The van der Waals surface area contributed by atoms with Crippen LogP contribution in [-0.4, -0.2) is 56.0 Å². The SMILES string of the molecule is CCCS(=O)(=O)CCN1CC(C)NCC1(C)C1CC1. The van der Waals surface area contributed by atoms with Crippen LogP contribution >= 0.6 is 0 Å². The van der Waals surface area contributed by atoms with Crippen LogP contribution in [-0.2, 0) is 9.84 Å². The average Bonchev–Trinajstić information content (AvgIpc) is 3.15. The van der Waals surface area contributed by atoms with E-state index >= 15 is 0 Å². The molecule has 0 amide bonds. The molecule has 0 radical (unpaired) electrons. The number of piperazine rings is 1. The predicted molar refractivity (Wildman–Crippen MR) is 79.1 cm³/mol. The van der Waals surface area contributed by atoms with Gasteiger partial charge in [-0.05, 0) is 39.0 Å². The van der Waals surface area contributed by atoms with Gasteiger partial charge in [0.05, 0.1) is 5.75 Å². The summed E-state index contributed by atoms with van der Waals surface area (Å²) >= 11 is 0. The standard InChI is InChI=1S/C14H28N2O2S/c1-4-8-19(17,18)9-7-16-10-12(2)15-11-14(16,3)13-5-6-13/h12-13,15H,4-11H2,1-3H3. The van der Waals surface area contributed by atoms with Gasteiger partial charge in [0.1, 0.15) is 0 Å². The second-order valence-electron chi connectivity index (χ2n) is 6.51. The summed E-state index contributed by atoms with van der Waals surface area (Å²) < 4.78 is 23.8. The Morgan fingerprint density at radius 1 is 1.32 bits per heavy atom. The summed E-state index contributed by atoms with van der Waals surface area (Å²) in [4.78, 5) is 2.43. The molecule has 4 nitrogen and oxygen atoms in total. The van der Waals surface area contributed by atoms with Crippen molar-refractivity contribution in [3.8, 4) is 0 Å². The largest absolute Gasteiger partial charge is 0.311 e. The zero-order chi connectivity index (χ0) is 14.1. The second kappa shape index (κ2) is 5.70. The summed E-state index contributed by atoms with van der Waals surface area (Å²) in [5.74, 6) is 1.39. The van der Waals surface area contributed by atoms with Crippen LogP contribution in [0.3, 0.4) is 0 Å². The average molecular weight is 288 g/mol. The first kappa shape index (κ1) is 15.3. The number of nitrogens with one attached hydrogen (secondary N) is 1. The monoisotopic (exact) mass is 288 g/mol. The summed E-state index contributed by atoms with van der Waals surface area (Å²) in [6.07, 6.45) is 3.32. The van der Waals surface area contributed by atoms with Crippen molar-refractivity contribution in [1.29, 1.82) is 0 Å². The zero-order valence-corrected chi connectivity index (χ0v) is 13.3. The topological polar surface area (TPSA) is 49.4 Å². The Labute approximate surface area is 117 Å². The Hall–Kier alpha value is -0.130. The van der Waals surface area contributed by atoms with E-state index in [2.05, 4.69) is 24.1 Å². The Morgan fingerprint density at radius 3 is 2.58 bits per heavy atom. The maximum atomic E-state index is 11.9. The molecule has 5 heteroatoms. The molecule has 1 aliphatic carbocycles. The molecule has 0 spiro atoms. The van der Waals surface area contributed by atoms with Crippen LogP contribution in [0.2, 0.25) is 0 Å². The van der Waals surface area contributed by atoms with Crippen LogP contribution in [0.25, 0.3) is 0 Å². The molecule has 2 fully saturated rings. The minimum Gasteiger partial charge on any atom is -0.311 e. The molecule has 1 N–H and O–H groups in total. The molecule has 112 valence electrons. The highest BCUT2D eigenvalue weighted by molar-refractivity contribution is 7.91. The maximum Gasteiger partial charge on any atom is 0.151 e. The maximum absolute atomic E-state index is 11.9. The van der Waals surface area contributed by atoms with Crippen LogP contribution in [0.4, 0.5) is 0 Å². The summed E-state index contributed by atoms with van der Waals surface area (Å²) in [5.41, 5.74) is 0.161. The minimum absolute atomic E-state index is 0.161. The van der Waals surface area contributed by atoms with Gasteiger partial charge in [-0.15, -0.1) is 0 Å². The number of sulfone groups is 1. The van der Waals surface area contributed by atoms with E-state index in [9.17, 15) is 8.42 Å². The molecule has 2 rings (SSSR count).